The number of aryl methyl sites for hydroxylation is 2. The summed E-state index contributed by atoms with van der Waals surface area (Å²) in [6.07, 6.45) is 3.49. The Morgan fingerprint density at radius 1 is 1.43 bits per heavy atom. The first kappa shape index (κ1) is 9.99. The zero-order chi connectivity index (χ0) is 10.1. The van der Waals surface area contributed by atoms with Gasteiger partial charge >= 0.3 is 0 Å². The van der Waals surface area contributed by atoms with Crippen molar-refractivity contribution in [3.8, 4) is 0 Å². The first-order valence-corrected chi connectivity index (χ1v) is 6.15. The van der Waals surface area contributed by atoms with Crippen molar-refractivity contribution in [3.63, 3.8) is 0 Å². The molecule has 0 aromatic carbocycles. The minimum Gasteiger partial charge on any atom is -0.472 e. The highest BCUT2D eigenvalue weighted by Gasteiger charge is 2.15. The Morgan fingerprint density at radius 2 is 2.21 bits per heavy atom. The van der Waals surface area contributed by atoms with Gasteiger partial charge in [0.2, 0.25) is 0 Å². The van der Waals surface area contributed by atoms with Gasteiger partial charge in [-0.3, -0.25) is 0 Å². The molecule has 1 nitrogen and oxygen atoms in total. The van der Waals surface area contributed by atoms with Gasteiger partial charge in [0.25, 0.3) is 0 Å². The van der Waals surface area contributed by atoms with E-state index in [9.17, 15) is 0 Å². The minimum atomic E-state index is 0.264. The summed E-state index contributed by atoms with van der Waals surface area (Å²) in [5.41, 5.74) is 2.52. The van der Waals surface area contributed by atoms with E-state index in [2.05, 4.69) is 35.8 Å². The van der Waals surface area contributed by atoms with E-state index in [0.29, 0.717) is 0 Å². The molecule has 0 radical (unpaired) electrons. The number of halogens is 1. The first-order valence-electron chi connectivity index (χ1n) is 4.41. The van der Waals surface area contributed by atoms with Gasteiger partial charge in [0.1, 0.15) is 0 Å². The zero-order valence-corrected chi connectivity index (χ0v) is 10.5. The van der Waals surface area contributed by atoms with E-state index < -0.39 is 0 Å². The van der Waals surface area contributed by atoms with Crippen molar-refractivity contribution in [2.45, 2.75) is 18.7 Å². The molecule has 2 aromatic heterocycles. The Balaban J connectivity index is 2.36. The second kappa shape index (κ2) is 3.91. The van der Waals surface area contributed by atoms with Gasteiger partial charge in [-0.25, -0.2) is 0 Å². The summed E-state index contributed by atoms with van der Waals surface area (Å²) in [6.45, 7) is 4.28. The standard InChI is InChI=1S/C11H11BrOS/c1-7-5-8(2)14-11(7)10(12)9-3-4-13-6-9/h3-6,10H,1-2H3. The van der Waals surface area contributed by atoms with Crippen molar-refractivity contribution in [2.75, 3.05) is 0 Å². The van der Waals surface area contributed by atoms with Crippen molar-refractivity contribution in [3.05, 3.63) is 45.5 Å². The molecule has 2 heterocycles. The van der Waals surface area contributed by atoms with E-state index in [1.807, 2.05) is 17.4 Å². The summed E-state index contributed by atoms with van der Waals surface area (Å²) in [5.74, 6) is 0. The van der Waals surface area contributed by atoms with Crippen LogP contribution in [-0.2, 0) is 0 Å². The number of thiophene rings is 1. The smallest absolute Gasteiger partial charge is 0.0949 e. The van der Waals surface area contributed by atoms with Gasteiger partial charge in [-0.05, 0) is 31.5 Å². The van der Waals surface area contributed by atoms with Crippen LogP contribution in [0.3, 0.4) is 0 Å². The Morgan fingerprint density at radius 3 is 2.71 bits per heavy atom. The van der Waals surface area contributed by atoms with Crippen molar-refractivity contribution < 1.29 is 4.42 Å². The highest BCUT2D eigenvalue weighted by molar-refractivity contribution is 9.09. The molecule has 0 aliphatic rings. The molecule has 0 bridgehead atoms. The van der Waals surface area contributed by atoms with Crippen LogP contribution in [0.4, 0.5) is 0 Å². The van der Waals surface area contributed by atoms with Crippen LogP contribution in [-0.4, -0.2) is 0 Å². The third kappa shape index (κ3) is 1.79. The third-order valence-electron chi connectivity index (χ3n) is 2.15. The molecule has 0 N–H and O–H groups in total. The molecule has 0 fully saturated rings. The Bertz CT molecular complexity index is 416. The van der Waals surface area contributed by atoms with Crippen LogP contribution >= 0.6 is 27.3 Å². The normalized spacial score (nSPS) is 13.1. The Kier molecular flexibility index (Phi) is 2.79. The van der Waals surface area contributed by atoms with Crippen molar-refractivity contribution in [2.24, 2.45) is 0 Å². The maximum Gasteiger partial charge on any atom is 0.0949 e. The molecule has 0 spiro atoms. The fraction of sp³-hybridized carbons (Fsp3) is 0.273. The summed E-state index contributed by atoms with van der Waals surface area (Å²) in [4.78, 5) is 2.98. The largest absolute Gasteiger partial charge is 0.472 e. The molecule has 0 saturated heterocycles. The molecular weight excluding hydrogens is 260 g/mol. The molecule has 1 unspecified atom stereocenters. The lowest BCUT2D eigenvalue weighted by Crippen LogP contribution is -1.88. The molecule has 2 aromatic rings. The molecule has 0 aliphatic carbocycles. The van der Waals surface area contributed by atoms with Gasteiger partial charge in [-0.2, -0.15) is 0 Å². The van der Waals surface area contributed by atoms with E-state index in [0.717, 1.165) is 0 Å². The Labute approximate surface area is 95.9 Å². The summed E-state index contributed by atoms with van der Waals surface area (Å²) in [6, 6.07) is 4.21. The molecule has 14 heavy (non-hydrogen) atoms. The molecule has 3 heteroatoms. The van der Waals surface area contributed by atoms with Gasteiger partial charge in [0, 0.05) is 15.3 Å². The predicted molar refractivity (Wildman–Crippen MR) is 63.3 cm³/mol. The molecule has 0 amide bonds. The van der Waals surface area contributed by atoms with Crippen LogP contribution in [0.2, 0.25) is 0 Å². The Hall–Kier alpha value is -0.540. The molecule has 74 valence electrons. The molecule has 2 rings (SSSR count). The molecule has 0 saturated carbocycles. The van der Waals surface area contributed by atoms with Crippen LogP contribution in [0.5, 0.6) is 0 Å². The second-order valence-electron chi connectivity index (χ2n) is 3.32. The highest BCUT2D eigenvalue weighted by atomic mass is 79.9. The van der Waals surface area contributed by atoms with Crippen molar-refractivity contribution in [1.82, 2.24) is 0 Å². The summed E-state index contributed by atoms with van der Waals surface area (Å²) in [5, 5.41) is 0. The topological polar surface area (TPSA) is 13.1 Å². The SMILES string of the molecule is Cc1cc(C)c(C(Br)c2ccoc2)s1. The fourth-order valence-electron chi connectivity index (χ4n) is 1.48. The number of alkyl halides is 1. The van der Waals surface area contributed by atoms with E-state index in [4.69, 9.17) is 4.42 Å². The number of hydrogen-bond donors (Lipinski definition) is 0. The highest BCUT2D eigenvalue weighted by Crippen LogP contribution is 2.37. The minimum absolute atomic E-state index is 0.264. The lowest BCUT2D eigenvalue weighted by Gasteiger charge is -2.05. The lowest BCUT2D eigenvalue weighted by molar-refractivity contribution is 0.564. The predicted octanol–water partition coefficient (Wildman–Crippen LogP) is 4.44. The van der Waals surface area contributed by atoms with Crippen molar-refractivity contribution in [1.29, 1.82) is 0 Å². The third-order valence-corrected chi connectivity index (χ3v) is 4.65. The van der Waals surface area contributed by atoms with Crippen LogP contribution in [0.1, 0.15) is 25.7 Å². The van der Waals surface area contributed by atoms with Crippen molar-refractivity contribution >= 4 is 27.3 Å². The number of furan rings is 1. The van der Waals surface area contributed by atoms with Gasteiger partial charge in [-0.15, -0.1) is 11.3 Å². The maximum atomic E-state index is 5.08. The molecule has 1 atom stereocenters. The molecular formula is C11H11BrOS. The summed E-state index contributed by atoms with van der Waals surface area (Å²) < 4.78 is 5.08. The fourth-order valence-corrected chi connectivity index (χ4v) is 3.43. The average molecular weight is 271 g/mol. The van der Waals surface area contributed by atoms with E-state index >= 15 is 0 Å². The van der Waals surface area contributed by atoms with Gasteiger partial charge in [-0.1, -0.05) is 15.9 Å². The van der Waals surface area contributed by atoms with Crippen LogP contribution < -0.4 is 0 Å². The van der Waals surface area contributed by atoms with Crippen LogP contribution in [0.25, 0.3) is 0 Å². The van der Waals surface area contributed by atoms with Crippen LogP contribution in [0, 0.1) is 13.8 Å². The van der Waals surface area contributed by atoms with Gasteiger partial charge < -0.3 is 4.42 Å². The second-order valence-corrected chi connectivity index (χ2v) is 5.53. The van der Waals surface area contributed by atoms with E-state index in [1.165, 1.54) is 20.9 Å². The van der Waals surface area contributed by atoms with Crippen LogP contribution in [0.15, 0.2) is 29.1 Å². The number of rotatable bonds is 2. The van der Waals surface area contributed by atoms with E-state index in [1.54, 1.807) is 12.5 Å². The first-order chi connectivity index (χ1) is 6.68. The average Bonchev–Trinajstić information content (AvgIpc) is 2.73. The summed E-state index contributed by atoms with van der Waals surface area (Å²) >= 11 is 5.52. The van der Waals surface area contributed by atoms with Gasteiger partial charge in [0.15, 0.2) is 0 Å². The lowest BCUT2D eigenvalue weighted by atomic mass is 10.1. The summed E-state index contributed by atoms with van der Waals surface area (Å²) in [7, 11) is 0. The molecule has 0 aliphatic heterocycles. The van der Waals surface area contributed by atoms with Gasteiger partial charge in [0.05, 0.1) is 17.4 Å². The zero-order valence-electron chi connectivity index (χ0n) is 8.08. The number of hydrogen-bond acceptors (Lipinski definition) is 2. The van der Waals surface area contributed by atoms with E-state index in [-0.39, 0.29) is 4.83 Å². The monoisotopic (exact) mass is 270 g/mol. The quantitative estimate of drug-likeness (QED) is 0.736. The maximum absolute atomic E-state index is 5.08.